The zero-order chi connectivity index (χ0) is 28.1. The predicted molar refractivity (Wildman–Crippen MR) is 165 cm³/mol. The first-order chi connectivity index (χ1) is 19.9. The molecule has 5 nitrogen and oxygen atoms in total. The summed E-state index contributed by atoms with van der Waals surface area (Å²) >= 11 is 0. The van der Waals surface area contributed by atoms with Crippen LogP contribution in [0.5, 0.6) is 17.4 Å². The second-order valence-corrected chi connectivity index (χ2v) is 11.0. The van der Waals surface area contributed by atoms with E-state index in [0.717, 1.165) is 45.0 Å². The number of ether oxygens (including phenoxy) is 1. The van der Waals surface area contributed by atoms with Gasteiger partial charge in [-0.25, -0.2) is 9.97 Å². The Balaban J connectivity index is 1.19. The third-order valence-corrected chi connectivity index (χ3v) is 8.11. The number of aromatic nitrogens is 2. The summed E-state index contributed by atoms with van der Waals surface area (Å²) < 4.78 is 6.25. The molecule has 0 amide bonds. The number of phenolic OH excluding ortho intramolecular Hbond substituents is 1. The van der Waals surface area contributed by atoms with E-state index in [1.165, 1.54) is 10.8 Å². The summed E-state index contributed by atoms with van der Waals surface area (Å²) in [6.07, 6.45) is 1.77. The number of fused-ring (bicyclic) bond motifs is 4. The Morgan fingerprint density at radius 1 is 0.780 bits per heavy atom. The molecule has 1 aliphatic rings. The molecular formula is C36H29N3O2. The summed E-state index contributed by atoms with van der Waals surface area (Å²) in [5.74, 6) is 1.44. The van der Waals surface area contributed by atoms with Crippen molar-refractivity contribution in [1.82, 2.24) is 9.97 Å². The van der Waals surface area contributed by atoms with Crippen molar-refractivity contribution in [2.45, 2.75) is 19.3 Å². The van der Waals surface area contributed by atoms with Crippen LogP contribution in [-0.2, 0) is 5.41 Å². The van der Waals surface area contributed by atoms with Crippen LogP contribution in [0.4, 0.5) is 11.4 Å². The third kappa shape index (κ3) is 4.18. The molecule has 0 fully saturated rings. The van der Waals surface area contributed by atoms with Gasteiger partial charge in [0, 0.05) is 52.6 Å². The van der Waals surface area contributed by atoms with Crippen molar-refractivity contribution in [2.75, 3.05) is 11.9 Å². The molecule has 0 unspecified atom stereocenters. The molecule has 6 aromatic rings. The van der Waals surface area contributed by atoms with Crippen LogP contribution < -0.4 is 9.64 Å². The van der Waals surface area contributed by atoms with Crippen LogP contribution in [0.2, 0.25) is 0 Å². The quantitative estimate of drug-likeness (QED) is 0.239. The van der Waals surface area contributed by atoms with Gasteiger partial charge in [0.1, 0.15) is 11.5 Å². The van der Waals surface area contributed by atoms with Crippen molar-refractivity contribution in [3.8, 4) is 39.9 Å². The van der Waals surface area contributed by atoms with Crippen LogP contribution in [0.1, 0.15) is 25.0 Å². The van der Waals surface area contributed by atoms with Gasteiger partial charge in [-0.05, 0) is 52.9 Å². The number of nitrogens with zero attached hydrogens (tertiary/aromatic N) is 3. The second-order valence-electron chi connectivity index (χ2n) is 11.0. The Morgan fingerprint density at radius 2 is 1.59 bits per heavy atom. The highest BCUT2D eigenvalue weighted by Crippen LogP contribution is 2.51. The normalized spacial score (nSPS) is 13.0. The van der Waals surface area contributed by atoms with Crippen molar-refractivity contribution in [3.05, 3.63) is 127 Å². The van der Waals surface area contributed by atoms with E-state index in [-0.39, 0.29) is 11.2 Å². The van der Waals surface area contributed by atoms with Gasteiger partial charge in [-0.15, -0.1) is 0 Å². The predicted octanol–water partition coefficient (Wildman–Crippen LogP) is 8.87. The summed E-state index contributed by atoms with van der Waals surface area (Å²) in [6.45, 7) is 4.34. The number of pyridine rings is 2. The maximum absolute atomic E-state index is 10.7. The van der Waals surface area contributed by atoms with E-state index >= 15 is 0 Å². The fourth-order valence-electron chi connectivity index (χ4n) is 5.91. The molecule has 0 aliphatic heterocycles. The lowest BCUT2D eigenvalue weighted by Gasteiger charge is -2.22. The highest BCUT2D eigenvalue weighted by molar-refractivity contribution is 5.96. The van der Waals surface area contributed by atoms with E-state index in [1.807, 2.05) is 48.5 Å². The zero-order valence-corrected chi connectivity index (χ0v) is 23.2. The molecule has 1 aliphatic carbocycles. The molecule has 0 atom stereocenters. The molecule has 41 heavy (non-hydrogen) atoms. The van der Waals surface area contributed by atoms with E-state index in [9.17, 15) is 5.11 Å². The molecule has 1 N–H and O–H groups in total. The lowest BCUT2D eigenvalue weighted by atomic mass is 9.83. The van der Waals surface area contributed by atoms with Crippen molar-refractivity contribution < 1.29 is 9.84 Å². The van der Waals surface area contributed by atoms with Gasteiger partial charge in [0.15, 0.2) is 0 Å². The van der Waals surface area contributed by atoms with E-state index in [1.54, 1.807) is 12.3 Å². The molecule has 2 aromatic heterocycles. The van der Waals surface area contributed by atoms with Gasteiger partial charge in [0.05, 0.1) is 11.4 Å². The van der Waals surface area contributed by atoms with Gasteiger partial charge < -0.3 is 14.7 Å². The standard InChI is InChI=1S/C36H29N3O2/c1-36(2)28-14-8-16-32(40)34(28)35-29(36)17-18-30(38-35)24-11-6-12-26(21-24)41-33-22-25(19-20-37-33)39(3)31-15-7-10-23-9-4-5-13-27(23)31/h4-22,40H,1-3H3. The SMILES string of the molecule is CN(c1ccnc(Oc2cccc(-c3ccc4c(n3)-c3c(O)cccc3C4(C)C)c2)c1)c1cccc2ccccc12. The summed E-state index contributed by atoms with van der Waals surface area (Å²) in [5, 5.41) is 13.1. The highest BCUT2D eigenvalue weighted by Gasteiger charge is 2.38. The van der Waals surface area contributed by atoms with Crippen LogP contribution >= 0.6 is 0 Å². The summed E-state index contributed by atoms with van der Waals surface area (Å²) in [5.41, 5.74) is 7.46. The summed E-state index contributed by atoms with van der Waals surface area (Å²) in [4.78, 5) is 11.7. The molecule has 7 rings (SSSR count). The first kappa shape index (κ1) is 24.9. The number of anilines is 2. The maximum atomic E-state index is 10.7. The fraction of sp³-hybridized carbons (Fsp3) is 0.111. The molecule has 0 radical (unpaired) electrons. The van der Waals surface area contributed by atoms with Crippen LogP contribution in [0.3, 0.4) is 0 Å². The number of hydrogen-bond acceptors (Lipinski definition) is 5. The largest absolute Gasteiger partial charge is 0.507 e. The average Bonchev–Trinajstić information content (AvgIpc) is 3.23. The van der Waals surface area contributed by atoms with Crippen molar-refractivity contribution in [2.24, 2.45) is 0 Å². The van der Waals surface area contributed by atoms with Gasteiger partial charge in [-0.3, -0.25) is 0 Å². The topological polar surface area (TPSA) is 58.5 Å². The van der Waals surface area contributed by atoms with Crippen LogP contribution in [-0.4, -0.2) is 22.1 Å². The Kier molecular flexibility index (Phi) is 5.75. The Bertz CT molecular complexity index is 1940. The first-order valence-electron chi connectivity index (χ1n) is 13.7. The van der Waals surface area contributed by atoms with Gasteiger partial charge in [0.2, 0.25) is 5.88 Å². The molecule has 4 aromatic carbocycles. The number of benzene rings is 4. The number of aromatic hydroxyl groups is 1. The number of rotatable bonds is 5. The summed E-state index contributed by atoms with van der Waals surface area (Å²) in [7, 11) is 2.05. The second kappa shape index (κ2) is 9.49. The van der Waals surface area contributed by atoms with E-state index in [4.69, 9.17) is 9.72 Å². The fourth-order valence-corrected chi connectivity index (χ4v) is 5.91. The summed E-state index contributed by atoms with van der Waals surface area (Å²) in [6, 6.07) is 36.4. The van der Waals surface area contributed by atoms with Crippen molar-refractivity contribution in [3.63, 3.8) is 0 Å². The van der Waals surface area contributed by atoms with Crippen molar-refractivity contribution >= 4 is 22.1 Å². The minimum Gasteiger partial charge on any atom is -0.507 e. The first-order valence-corrected chi connectivity index (χ1v) is 13.7. The Hall–Kier alpha value is -5.16. The van der Waals surface area contributed by atoms with Gasteiger partial charge in [0.25, 0.3) is 0 Å². The minimum atomic E-state index is -0.226. The zero-order valence-electron chi connectivity index (χ0n) is 23.2. The molecule has 0 saturated heterocycles. The Morgan fingerprint density at radius 3 is 2.49 bits per heavy atom. The highest BCUT2D eigenvalue weighted by atomic mass is 16.5. The molecule has 0 saturated carbocycles. The van der Waals surface area contributed by atoms with Crippen LogP contribution in [0, 0.1) is 0 Å². The van der Waals surface area contributed by atoms with Crippen molar-refractivity contribution in [1.29, 1.82) is 0 Å². The van der Waals surface area contributed by atoms with Crippen LogP contribution in [0.25, 0.3) is 33.3 Å². The molecule has 200 valence electrons. The molecular weight excluding hydrogens is 506 g/mol. The van der Waals surface area contributed by atoms with E-state index in [2.05, 4.69) is 85.4 Å². The lowest BCUT2D eigenvalue weighted by Crippen LogP contribution is -2.14. The minimum absolute atomic E-state index is 0.226. The smallest absolute Gasteiger partial charge is 0.221 e. The molecule has 5 heteroatoms. The Labute approximate surface area is 239 Å². The molecule has 2 heterocycles. The third-order valence-electron chi connectivity index (χ3n) is 8.11. The van der Waals surface area contributed by atoms with Crippen LogP contribution in [0.15, 0.2) is 115 Å². The number of phenols is 1. The molecule has 0 spiro atoms. The van der Waals surface area contributed by atoms with Gasteiger partial charge in [-0.2, -0.15) is 0 Å². The van der Waals surface area contributed by atoms with Gasteiger partial charge in [-0.1, -0.05) is 80.6 Å². The monoisotopic (exact) mass is 535 g/mol. The van der Waals surface area contributed by atoms with E-state index in [0.29, 0.717) is 11.6 Å². The maximum Gasteiger partial charge on any atom is 0.221 e. The van der Waals surface area contributed by atoms with Gasteiger partial charge >= 0.3 is 0 Å². The average molecular weight is 536 g/mol. The van der Waals surface area contributed by atoms with E-state index < -0.39 is 0 Å². The lowest BCUT2D eigenvalue weighted by molar-refractivity contribution is 0.463. The number of hydrogen-bond donors (Lipinski definition) is 1. The molecule has 0 bridgehead atoms.